The SMILES string of the molecule is Oc1c(Br)ccc2cccnc12.Oc1cccc2cc(Br)cnc12. The van der Waals surface area contributed by atoms with Crippen LogP contribution in [0.15, 0.2) is 69.9 Å². The van der Waals surface area contributed by atoms with Crippen molar-refractivity contribution in [1.29, 1.82) is 0 Å². The minimum Gasteiger partial charge on any atom is -0.506 e. The van der Waals surface area contributed by atoms with E-state index in [-0.39, 0.29) is 11.5 Å². The largest absolute Gasteiger partial charge is 0.506 e. The molecule has 0 spiro atoms. The Hall–Kier alpha value is -2.18. The first-order valence-electron chi connectivity index (χ1n) is 7.01. The first-order chi connectivity index (χ1) is 11.6. The highest BCUT2D eigenvalue weighted by Gasteiger charge is 2.03. The fourth-order valence-electron chi connectivity index (χ4n) is 2.22. The van der Waals surface area contributed by atoms with Crippen molar-refractivity contribution in [1.82, 2.24) is 9.97 Å². The highest BCUT2D eigenvalue weighted by atomic mass is 79.9. The molecule has 0 saturated heterocycles. The molecule has 6 heteroatoms. The van der Waals surface area contributed by atoms with E-state index in [1.54, 1.807) is 30.6 Å². The quantitative estimate of drug-likeness (QED) is 0.378. The number of aromatic hydroxyl groups is 2. The number of phenolic OH excluding ortho intramolecular Hbond substituents is 2. The molecule has 0 fully saturated rings. The van der Waals surface area contributed by atoms with Crippen LogP contribution in [-0.4, -0.2) is 20.2 Å². The molecule has 0 unspecified atom stereocenters. The summed E-state index contributed by atoms with van der Waals surface area (Å²) in [5.41, 5.74) is 1.27. The third kappa shape index (κ3) is 3.49. The van der Waals surface area contributed by atoms with E-state index in [1.807, 2.05) is 30.3 Å². The summed E-state index contributed by atoms with van der Waals surface area (Å²) >= 11 is 6.54. The molecule has 0 bridgehead atoms. The van der Waals surface area contributed by atoms with Crippen LogP contribution >= 0.6 is 31.9 Å². The lowest BCUT2D eigenvalue weighted by Gasteiger charge is -2.00. The van der Waals surface area contributed by atoms with Crippen molar-refractivity contribution in [3.05, 3.63) is 69.9 Å². The summed E-state index contributed by atoms with van der Waals surface area (Å²) in [4.78, 5) is 8.14. The van der Waals surface area contributed by atoms with Gasteiger partial charge in [-0.2, -0.15) is 0 Å². The van der Waals surface area contributed by atoms with Crippen LogP contribution in [0, 0.1) is 0 Å². The van der Waals surface area contributed by atoms with Crippen LogP contribution in [0.4, 0.5) is 0 Å². The van der Waals surface area contributed by atoms with E-state index < -0.39 is 0 Å². The van der Waals surface area contributed by atoms with Gasteiger partial charge in [0.05, 0.1) is 4.47 Å². The number of aromatic nitrogens is 2. The average Bonchev–Trinajstić information content (AvgIpc) is 2.59. The van der Waals surface area contributed by atoms with Crippen molar-refractivity contribution in [2.24, 2.45) is 0 Å². The van der Waals surface area contributed by atoms with Crippen molar-refractivity contribution in [3.63, 3.8) is 0 Å². The summed E-state index contributed by atoms with van der Waals surface area (Å²) in [5.74, 6) is 0.424. The summed E-state index contributed by atoms with van der Waals surface area (Å²) < 4.78 is 1.59. The summed E-state index contributed by atoms with van der Waals surface area (Å²) in [7, 11) is 0. The Morgan fingerprint density at radius 2 is 1.58 bits per heavy atom. The van der Waals surface area contributed by atoms with Gasteiger partial charge in [0.25, 0.3) is 0 Å². The molecule has 4 nitrogen and oxygen atoms in total. The highest BCUT2D eigenvalue weighted by molar-refractivity contribution is 9.10. The van der Waals surface area contributed by atoms with Crippen molar-refractivity contribution < 1.29 is 10.2 Å². The summed E-state index contributed by atoms with van der Waals surface area (Å²) in [5, 5.41) is 20.8. The minimum absolute atomic E-state index is 0.202. The maximum absolute atomic E-state index is 9.55. The molecule has 24 heavy (non-hydrogen) atoms. The van der Waals surface area contributed by atoms with E-state index in [2.05, 4.69) is 41.8 Å². The highest BCUT2D eigenvalue weighted by Crippen LogP contribution is 2.30. The number of phenols is 2. The zero-order valence-electron chi connectivity index (χ0n) is 12.3. The summed E-state index contributed by atoms with van der Waals surface area (Å²) in [6, 6.07) is 14.7. The van der Waals surface area contributed by atoms with Gasteiger partial charge in [-0.05, 0) is 56.1 Å². The fourth-order valence-corrected chi connectivity index (χ4v) is 2.89. The van der Waals surface area contributed by atoms with E-state index >= 15 is 0 Å². The number of halogens is 2. The smallest absolute Gasteiger partial charge is 0.156 e. The standard InChI is InChI=1S/2C9H6BrNO/c10-7-4-3-6-2-1-5-11-8(6)9(7)12;10-7-4-6-2-1-3-8(12)9(6)11-5-7/h2*1-5,12H. The molecule has 0 amide bonds. The van der Waals surface area contributed by atoms with E-state index in [1.165, 1.54) is 0 Å². The predicted molar refractivity (Wildman–Crippen MR) is 102 cm³/mol. The molecule has 2 aromatic heterocycles. The number of fused-ring (bicyclic) bond motifs is 2. The van der Waals surface area contributed by atoms with Gasteiger partial charge in [0.2, 0.25) is 0 Å². The lowest BCUT2D eigenvalue weighted by Crippen LogP contribution is -1.78. The topological polar surface area (TPSA) is 66.2 Å². The molecule has 0 radical (unpaired) electrons. The molecule has 0 aliphatic heterocycles. The van der Waals surface area contributed by atoms with Gasteiger partial charge in [-0.15, -0.1) is 0 Å². The number of hydrogen-bond donors (Lipinski definition) is 2. The third-order valence-electron chi connectivity index (χ3n) is 3.35. The van der Waals surface area contributed by atoms with Gasteiger partial charge in [-0.1, -0.05) is 24.3 Å². The Bertz CT molecular complexity index is 1020. The molecular formula is C18H12Br2N2O2. The van der Waals surface area contributed by atoms with Crippen LogP contribution in [-0.2, 0) is 0 Å². The number of rotatable bonds is 0. The second-order valence-corrected chi connectivity index (χ2v) is 6.74. The second-order valence-electron chi connectivity index (χ2n) is 4.97. The summed E-state index contributed by atoms with van der Waals surface area (Å²) in [6.45, 7) is 0. The molecule has 2 aromatic carbocycles. The third-order valence-corrected chi connectivity index (χ3v) is 4.43. The molecule has 0 aliphatic carbocycles. The Morgan fingerprint density at radius 3 is 2.42 bits per heavy atom. The Balaban J connectivity index is 0.000000141. The van der Waals surface area contributed by atoms with Gasteiger partial charge in [0, 0.05) is 27.6 Å². The van der Waals surface area contributed by atoms with Crippen LogP contribution in [0.25, 0.3) is 21.8 Å². The molecular weight excluding hydrogens is 436 g/mol. The van der Waals surface area contributed by atoms with Crippen LogP contribution in [0.2, 0.25) is 0 Å². The normalized spacial score (nSPS) is 10.4. The lowest BCUT2D eigenvalue weighted by atomic mass is 10.2. The lowest BCUT2D eigenvalue weighted by molar-refractivity contribution is 0.477. The van der Waals surface area contributed by atoms with Gasteiger partial charge in [0.15, 0.2) is 5.75 Å². The predicted octanol–water partition coefficient (Wildman–Crippen LogP) is 5.41. The first-order valence-corrected chi connectivity index (χ1v) is 8.60. The maximum Gasteiger partial charge on any atom is 0.156 e. The number of hydrogen-bond acceptors (Lipinski definition) is 4. The van der Waals surface area contributed by atoms with Crippen molar-refractivity contribution in [2.75, 3.05) is 0 Å². The molecule has 2 heterocycles. The average molecular weight is 448 g/mol. The van der Waals surface area contributed by atoms with E-state index in [0.29, 0.717) is 15.5 Å². The Labute approximate surface area is 155 Å². The number of nitrogens with zero attached hydrogens (tertiary/aromatic N) is 2. The number of para-hydroxylation sites is 1. The summed E-state index contributed by atoms with van der Waals surface area (Å²) in [6.07, 6.45) is 3.33. The van der Waals surface area contributed by atoms with Gasteiger partial charge in [0.1, 0.15) is 16.8 Å². The van der Waals surface area contributed by atoms with Crippen LogP contribution in [0.5, 0.6) is 11.5 Å². The Kier molecular flexibility index (Phi) is 4.97. The van der Waals surface area contributed by atoms with E-state index in [0.717, 1.165) is 15.2 Å². The molecule has 0 saturated carbocycles. The first kappa shape index (κ1) is 16.7. The van der Waals surface area contributed by atoms with Crippen molar-refractivity contribution in [2.45, 2.75) is 0 Å². The van der Waals surface area contributed by atoms with Gasteiger partial charge >= 0.3 is 0 Å². The van der Waals surface area contributed by atoms with E-state index in [4.69, 9.17) is 0 Å². The minimum atomic E-state index is 0.202. The van der Waals surface area contributed by atoms with Crippen LogP contribution in [0.3, 0.4) is 0 Å². The molecule has 4 rings (SSSR count). The monoisotopic (exact) mass is 446 g/mol. The number of benzene rings is 2. The van der Waals surface area contributed by atoms with Crippen LogP contribution in [0.1, 0.15) is 0 Å². The fraction of sp³-hybridized carbons (Fsp3) is 0. The van der Waals surface area contributed by atoms with Gasteiger partial charge in [-0.3, -0.25) is 9.97 Å². The molecule has 0 atom stereocenters. The van der Waals surface area contributed by atoms with Crippen molar-refractivity contribution >= 4 is 53.7 Å². The Morgan fingerprint density at radius 1 is 0.792 bits per heavy atom. The van der Waals surface area contributed by atoms with Crippen molar-refractivity contribution in [3.8, 4) is 11.5 Å². The molecule has 120 valence electrons. The van der Waals surface area contributed by atoms with Gasteiger partial charge in [-0.25, -0.2) is 0 Å². The molecule has 0 aliphatic rings. The molecule has 4 aromatic rings. The maximum atomic E-state index is 9.55. The second kappa shape index (κ2) is 7.15. The van der Waals surface area contributed by atoms with E-state index in [9.17, 15) is 10.2 Å². The number of pyridine rings is 2. The van der Waals surface area contributed by atoms with Gasteiger partial charge < -0.3 is 10.2 Å². The van der Waals surface area contributed by atoms with Crippen LogP contribution < -0.4 is 0 Å². The zero-order chi connectivity index (χ0) is 17.1. The zero-order valence-corrected chi connectivity index (χ0v) is 15.5. The molecule has 2 N–H and O–H groups in total.